The lowest BCUT2D eigenvalue weighted by atomic mass is 10.2. The van der Waals surface area contributed by atoms with Gasteiger partial charge in [0.05, 0.1) is 19.2 Å². The van der Waals surface area contributed by atoms with Gasteiger partial charge in [-0.2, -0.15) is 0 Å². The van der Waals surface area contributed by atoms with Gasteiger partial charge in [0, 0.05) is 19.6 Å². The highest BCUT2D eigenvalue weighted by Gasteiger charge is 2.42. The van der Waals surface area contributed by atoms with E-state index in [0.717, 1.165) is 25.8 Å². The predicted molar refractivity (Wildman–Crippen MR) is 62.4 cm³/mol. The molecule has 1 aliphatic heterocycles. The minimum atomic E-state index is -0.221. The Kier molecular flexibility index (Phi) is 3.66. The van der Waals surface area contributed by atoms with Crippen molar-refractivity contribution in [2.45, 2.75) is 38.3 Å². The Bertz CT molecular complexity index is 315. The third-order valence-electron chi connectivity index (χ3n) is 3.43. The Morgan fingerprint density at radius 1 is 1.47 bits per heavy atom. The lowest BCUT2D eigenvalue weighted by Crippen LogP contribution is -2.45. The first kappa shape index (κ1) is 12.4. The van der Waals surface area contributed by atoms with Crippen LogP contribution < -0.4 is 0 Å². The molecule has 0 aromatic rings. The van der Waals surface area contributed by atoms with Crippen LogP contribution in [0, 0.1) is 0 Å². The van der Waals surface area contributed by atoms with Crippen LogP contribution in [0.5, 0.6) is 0 Å². The van der Waals surface area contributed by atoms with E-state index in [0.29, 0.717) is 12.6 Å². The van der Waals surface area contributed by atoms with E-state index in [4.69, 9.17) is 4.74 Å². The quantitative estimate of drug-likeness (QED) is 0.646. The van der Waals surface area contributed by atoms with Crippen LogP contribution in [0.25, 0.3) is 0 Å². The molecule has 1 unspecified atom stereocenters. The van der Waals surface area contributed by atoms with Crippen molar-refractivity contribution >= 4 is 11.9 Å². The van der Waals surface area contributed by atoms with Gasteiger partial charge in [-0.25, -0.2) is 0 Å². The Balaban J connectivity index is 1.97. The Labute approximate surface area is 102 Å². The molecule has 17 heavy (non-hydrogen) atoms. The maximum absolute atomic E-state index is 12.0. The number of carbonyl (C=O) groups is 2. The maximum Gasteiger partial charge on any atom is 0.320 e. The van der Waals surface area contributed by atoms with Gasteiger partial charge in [-0.15, -0.1) is 0 Å². The summed E-state index contributed by atoms with van der Waals surface area (Å²) in [6, 6.07) is 0.289. The summed E-state index contributed by atoms with van der Waals surface area (Å²) in [4.78, 5) is 27.3. The Hall–Kier alpha value is -1.10. The van der Waals surface area contributed by atoms with Crippen LogP contribution in [-0.4, -0.2) is 60.5 Å². The molecule has 1 saturated carbocycles. The molecule has 2 fully saturated rings. The maximum atomic E-state index is 12.0. The van der Waals surface area contributed by atoms with Gasteiger partial charge in [0.2, 0.25) is 5.91 Å². The zero-order valence-electron chi connectivity index (χ0n) is 10.5. The number of nitrogens with zero attached hydrogens (tertiary/aromatic N) is 2. The van der Waals surface area contributed by atoms with E-state index in [-0.39, 0.29) is 24.5 Å². The average molecular weight is 240 g/mol. The van der Waals surface area contributed by atoms with E-state index in [2.05, 4.69) is 0 Å². The van der Waals surface area contributed by atoms with Crippen molar-refractivity contribution in [3.8, 4) is 0 Å². The molecule has 2 aliphatic rings. The molecule has 2 rings (SSSR count). The number of rotatable bonds is 5. The van der Waals surface area contributed by atoms with Crippen LogP contribution in [-0.2, 0) is 14.3 Å². The third-order valence-corrected chi connectivity index (χ3v) is 3.43. The summed E-state index contributed by atoms with van der Waals surface area (Å²) in [5.74, 6) is -0.0806. The molecule has 5 nitrogen and oxygen atoms in total. The van der Waals surface area contributed by atoms with E-state index in [1.807, 2.05) is 11.9 Å². The Morgan fingerprint density at radius 2 is 2.18 bits per heavy atom. The molecule has 1 saturated heterocycles. The van der Waals surface area contributed by atoms with Crippen LogP contribution in [0.1, 0.15) is 26.2 Å². The lowest BCUT2D eigenvalue weighted by Gasteiger charge is -2.26. The standard InChI is InChI=1S/C12H20N2O3/c1-3-17-11(15)8-14(9-4-5-9)10-6-7-13(2)12(10)16/h9-10H,3-8H2,1-2H3. The summed E-state index contributed by atoms with van der Waals surface area (Å²) in [5, 5.41) is 0. The van der Waals surface area contributed by atoms with Crippen LogP contribution in [0.15, 0.2) is 0 Å². The van der Waals surface area contributed by atoms with Crippen molar-refractivity contribution in [3.63, 3.8) is 0 Å². The van der Waals surface area contributed by atoms with Crippen LogP contribution >= 0.6 is 0 Å². The van der Waals surface area contributed by atoms with Crippen molar-refractivity contribution in [2.75, 3.05) is 26.7 Å². The molecule has 0 aromatic carbocycles. The van der Waals surface area contributed by atoms with Crippen molar-refractivity contribution < 1.29 is 14.3 Å². The number of hydrogen-bond acceptors (Lipinski definition) is 4. The molecule has 0 spiro atoms. The fourth-order valence-corrected chi connectivity index (χ4v) is 2.37. The van der Waals surface area contributed by atoms with Crippen molar-refractivity contribution in [3.05, 3.63) is 0 Å². The zero-order chi connectivity index (χ0) is 12.4. The zero-order valence-corrected chi connectivity index (χ0v) is 10.5. The molecule has 1 atom stereocenters. The van der Waals surface area contributed by atoms with Crippen LogP contribution in [0.4, 0.5) is 0 Å². The molecular formula is C12H20N2O3. The lowest BCUT2D eigenvalue weighted by molar-refractivity contribution is -0.146. The molecule has 1 aliphatic carbocycles. The largest absolute Gasteiger partial charge is 0.465 e. The molecule has 0 radical (unpaired) electrons. The van der Waals surface area contributed by atoms with Gasteiger partial charge in [0.1, 0.15) is 0 Å². The number of likely N-dealkylation sites (N-methyl/N-ethyl adjacent to an activating group) is 1. The van der Waals surface area contributed by atoms with Crippen molar-refractivity contribution in [2.24, 2.45) is 0 Å². The summed E-state index contributed by atoms with van der Waals surface area (Å²) in [5.41, 5.74) is 0. The summed E-state index contributed by atoms with van der Waals surface area (Å²) >= 11 is 0. The second-order valence-corrected chi connectivity index (χ2v) is 4.77. The normalized spacial score (nSPS) is 24.5. The van der Waals surface area contributed by atoms with Gasteiger partial charge in [0.25, 0.3) is 0 Å². The van der Waals surface area contributed by atoms with Gasteiger partial charge in [-0.3, -0.25) is 14.5 Å². The van der Waals surface area contributed by atoms with Gasteiger partial charge in [-0.1, -0.05) is 0 Å². The van der Waals surface area contributed by atoms with E-state index in [1.165, 1.54) is 0 Å². The summed E-state index contributed by atoms with van der Waals surface area (Å²) in [7, 11) is 1.82. The molecule has 0 bridgehead atoms. The highest BCUT2D eigenvalue weighted by Crippen LogP contribution is 2.31. The molecule has 1 amide bonds. The molecule has 96 valence electrons. The first-order valence-corrected chi connectivity index (χ1v) is 6.29. The smallest absolute Gasteiger partial charge is 0.320 e. The number of esters is 1. The molecule has 0 N–H and O–H groups in total. The van der Waals surface area contributed by atoms with Gasteiger partial charge in [-0.05, 0) is 26.2 Å². The number of hydrogen-bond donors (Lipinski definition) is 0. The van der Waals surface area contributed by atoms with Crippen LogP contribution in [0.2, 0.25) is 0 Å². The number of amides is 1. The van der Waals surface area contributed by atoms with E-state index >= 15 is 0 Å². The highest BCUT2D eigenvalue weighted by atomic mass is 16.5. The monoisotopic (exact) mass is 240 g/mol. The number of ether oxygens (including phenoxy) is 1. The fourth-order valence-electron chi connectivity index (χ4n) is 2.37. The van der Waals surface area contributed by atoms with E-state index in [1.54, 1.807) is 11.8 Å². The summed E-state index contributed by atoms with van der Waals surface area (Å²) in [6.07, 6.45) is 3.00. The van der Waals surface area contributed by atoms with Crippen molar-refractivity contribution in [1.82, 2.24) is 9.80 Å². The van der Waals surface area contributed by atoms with Gasteiger partial charge in [0.15, 0.2) is 0 Å². The van der Waals surface area contributed by atoms with E-state index in [9.17, 15) is 9.59 Å². The molecule has 1 heterocycles. The SMILES string of the molecule is CCOC(=O)CN(C1CC1)C1CCN(C)C1=O. The Morgan fingerprint density at radius 3 is 2.65 bits per heavy atom. The molecule has 0 aromatic heterocycles. The molecule has 5 heteroatoms. The van der Waals surface area contributed by atoms with Crippen molar-refractivity contribution in [1.29, 1.82) is 0 Å². The summed E-state index contributed by atoms with van der Waals surface area (Å²) in [6.45, 7) is 3.24. The predicted octanol–water partition coefficient (Wildman–Crippen LogP) is 0.245. The van der Waals surface area contributed by atoms with Crippen LogP contribution in [0.3, 0.4) is 0 Å². The number of carbonyl (C=O) groups excluding carboxylic acids is 2. The second-order valence-electron chi connectivity index (χ2n) is 4.77. The average Bonchev–Trinajstić information content (AvgIpc) is 3.06. The minimum Gasteiger partial charge on any atom is -0.465 e. The van der Waals surface area contributed by atoms with E-state index < -0.39 is 0 Å². The second kappa shape index (κ2) is 5.04. The molecular weight excluding hydrogens is 220 g/mol. The summed E-state index contributed by atoms with van der Waals surface area (Å²) < 4.78 is 4.97. The fraction of sp³-hybridized carbons (Fsp3) is 0.833. The van der Waals surface area contributed by atoms with Gasteiger partial charge < -0.3 is 9.64 Å². The number of likely N-dealkylation sites (tertiary alicyclic amines) is 1. The third kappa shape index (κ3) is 2.77. The minimum absolute atomic E-state index is 0.114. The first-order valence-electron chi connectivity index (χ1n) is 6.29. The topological polar surface area (TPSA) is 49.9 Å². The highest BCUT2D eigenvalue weighted by molar-refractivity contribution is 5.84. The first-order chi connectivity index (χ1) is 8.13. The van der Waals surface area contributed by atoms with Gasteiger partial charge >= 0.3 is 5.97 Å².